The third kappa shape index (κ3) is 5.43. The second-order valence-electron chi connectivity index (χ2n) is 9.81. The zero-order valence-corrected chi connectivity index (χ0v) is 21.0. The Kier molecular flexibility index (Phi) is 7.32. The van der Waals surface area contributed by atoms with Crippen LogP contribution in [-0.4, -0.2) is 66.5 Å². The van der Waals surface area contributed by atoms with Gasteiger partial charge in [0.15, 0.2) is 0 Å². The van der Waals surface area contributed by atoms with E-state index in [0.717, 1.165) is 43.5 Å². The Balaban J connectivity index is 1.25. The molecule has 0 aliphatic carbocycles. The number of benzene rings is 2. The van der Waals surface area contributed by atoms with Gasteiger partial charge in [0, 0.05) is 44.2 Å². The van der Waals surface area contributed by atoms with E-state index in [-0.39, 0.29) is 24.0 Å². The third-order valence-electron chi connectivity index (χ3n) is 7.48. The molecule has 3 fully saturated rings. The van der Waals surface area contributed by atoms with Crippen LogP contribution in [0.25, 0.3) is 0 Å². The first-order valence-corrected chi connectivity index (χ1v) is 13.1. The number of halogens is 1. The Bertz CT molecular complexity index is 1110. The summed E-state index contributed by atoms with van der Waals surface area (Å²) in [7, 11) is 0. The quantitative estimate of drug-likeness (QED) is 0.557. The number of piperidine rings is 1. The van der Waals surface area contributed by atoms with Crippen LogP contribution in [0.5, 0.6) is 0 Å². The number of nitrogens with zero attached hydrogens (tertiary/aromatic N) is 2. The van der Waals surface area contributed by atoms with Gasteiger partial charge in [0.05, 0.1) is 6.04 Å². The molecule has 8 nitrogen and oxygen atoms in total. The van der Waals surface area contributed by atoms with Crippen LogP contribution in [0, 0.1) is 0 Å². The van der Waals surface area contributed by atoms with E-state index in [4.69, 9.17) is 11.6 Å². The van der Waals surface area contributed by atoms with Crippen molar-refractivity contribution >= 4 is 29.6 Å². The summed E-state index contributed by atoms with van der Waals surface area (Å²) in [5.74, 6) is 0.269. The molecule has 5 rings (SSSR count). The molecule has 3 aliphatic rings. The highest BCUT2D eigenvalue weighted by Crippen LogP contribution is 2.33. The summed E-state index contributed by atoms with van der Waals surface area (Å²) in [6, 6.07) is 14.7. The van der Waals surface area contributed by atoms with Crippen molar-refractivity contribution in [3.8, 4) is 0 Å². The lowest BCUT2D eigenvalue weighted by Crippen LogP contribution is -2.56. The second-order valence-corrected chi connectivity index (χ2v) is 10.2. The fourth-order valence-electron chi connectivity index (χ4n) is 5.29. The van der Waals surface area contributed by atoms with E-state index in [1.165, 1.54) is 5.56 Å². The van der Waals surface area contributed by atoms with Gasteiger partial charge in [0.2, 0.25) is 5.91 Å². The maximum absolute atomic E-state index is 13.6. The van der Waals surface area contributed by atoms with Crippen molar-refractivity contribution in [1.29, 1.82) is 0 Å². The molecule has 3 N–H and O–H groups in total. The van der Waals surface area contributed by atoms with Gasteiger partial charge in [-0.2, -0.15) is 0 Å². The Hall–Kier alpha value is -3.26. The number of nitrogens with one attached hydrogen (secondary N) is 3. The topological polar surface area (TPSA) is 93.8 Å². The number of carbonyl (C=O) groups excluding carboxylic acids is 3. The van der Waals surface area contributed by atoms with Crippen molar-refractivity contribution in [2.24, 2.45) is 0 Å². The molecular weight excluding hydrogens is 478 g/mol. The number of rotatable bonds is 6. The van der Waals surface area contributed by atoms with Crippen molar-refractivity contribution in [1.82, 2.24) is 25.8 Å². The minimum absolute atomic E-state index is 0.0335. The summed E-state index contributed by atoms with van der Waals surface area (Å²) in [5.41, 5.74) is 3.34. The monoisotopic (exact) mass is 509 g/mol. The first-order chi connectivity index (χ1) is 17.5. The van der Waals surface area contributed by atoms with Crippen molar-refractivity contribution in [2.75, 3.05) is 32.7 Å². The summed E-state index contributed by atoms with van der Waals surface area (Å²) in [4.78, 5) is 41.6. The van der Waals surface area contributed by atoms with Crippen LogP contribution < -0.4 is 16.0 Å². The molecule has 0 saturated carbocycles. The van der Waals surface area contributed by atoms with Gasteiger partial charge < -0.3 is 25.8 Å². The molecule has 0 radical (unpaired) electrons. The summed E-state index contributed by atoms with van der Waals surface area (Å²) >= 11 is 6.03. The van der Waals surface area contributed by atoms with E-state index >= 15 is 0 Å². The van der Waals surface area contributed by atoms with Gasteiger partial charge in [-0.25, -0.2) is 9.59 Å². The number of hydrogen-bond donors (Lipinski definition) is 3. The molecule has 3 heterocycles. The number of amides is 5. The smallest absolute Gasteiger partial charge is 0.318 e. The fraction of sp³-hybridized carbons (Fsp3) is 0.444. The molecule has 190 valence electrons. The summed E-state index contributed by atoms with van der Waals surface area (Å²) in [5, 5.41) is 9.46. The molecule has 36 heavy (non-hydrogen) atoms. The molecule has 3 aliphatic heterocycles. The van der Waals surface area contributed by atoms with Crippen LogP contribution in [0.15, 0.2) is 48.5 Å². The average molecular weight is 510 g/mol. The molecule has 0 spiro atoms. The average Bonchev–Trinajstić information content (AvgIpc) is 3.29. The molecule has 5 amide bonds. The van der Waals surface area contributed by atoms with Gasteiger partial charge in [-0.3, -0.25) is 4.79 Å². The normalized spacial score (nSPS) is 20.8. The van der Waals surface area contributed by atoms with Crippen LogP contribution in [0.4, 0.5) is 9.59 Å². The molecule has 9 heteroatoms. The van der Waals surface area contributed by atoms with Crippen molar-refractivity contribution in [3.63, 3.8) is 0 Å². The lowest BCUT2D eigenvalue weighted by Gasteiger charge is -2.37. The second kappa shape index (κ2) is 10.8. The largest absolute Gasteiger partial charge is 0.341 e. The van der Waals surface area contributed by atoms with Crippen molar-refractivity contribution in [3.05, 3.63) is 70.2 Å². The highest BCUT2D eigenvalue weighted by molar-refractivity contribution is 6.30. The Morgan fingerprint density at radius 2 is 1.67 bits per heavy atom. The maximum Gasteiger partial charge on any atom is 0.318 e. The van der Waals surface area contributed by atoms with Gasteiger partial charge in [0.1, 0.15) is 6.04 Å². The zero-order valence-electron chi connectivity index (χ0n) is 20.2. The molecular formula is C27H32ClN5O3. The Morgan fingerprint density at radius 3 is 2.28 bits per heavy atom. The minimum Gasteiger partial charge on any atom is -0.341 e. The first kappa shape index (κ1) is 24.4. The summed E-state index contributed by atoms with van der Waals surface area (Å²) < 4.78 is 0. The maximum atomic E-state index is 13.6. The lowest BCUT2D eigenvalue weighted by molar-refractivity contribution is -0.134. The standard InChI is InChI=1S/C27H32ClN5O3/c28-20-8-6-18(7-9-20)16-23(31-27(36)33-12-3-13-33)25(34)32-14-10-19(11-15-32)21-4-1-2-5-22(21)24-17-29-26(35)30-24/h1-2,4-9,19,23-24H,3,10-17H2,(H,31,36)(H2,29,30,35). The van der Waals surface area contributed by atoms with E-state index in [0.29, 0.717) is 37.0 Å². The van der Waals surface area contributed by atoms with Crippen LogP contribution in [0.2, 0.25) is 5.02 Å². The fourth-order valence-corrected chi connectivity index (χ4v) is 5.42. The Labute approximate surface area is 216 Å². The van der Waals surface area contributed by atoms with Crippen LogP contribution in [-0.2, 0) is 11.2 Å². The molecule has 0 aromatic heterocycles. The summed E-state index contributed by atoms with van der Waals surface area (Å²) in [6.45, 7) is 3.30. The van der Waals surface area contributed by atoms with Gasteiger partial charge in [0.25, 0.3) is 0 Å². The molecule has 2 aromatic carbocycles. The number of likely N-dealkylation sites (tertiary alicyclic amines) is 2. The van der Waals surface area contributed by atoms with Crippen LogP contribution in [0.1, 0.15) is 47.9 Å². The van der Waals surface area contributed by atoms with Gasteiger partial charge >= 0.3 is 12.1 Å². The van der Waals surface area contributed by atoms with E-state index in [2.05, 4.69) is 28.1 Å². The van der Waals surface area contributed by atoms with E-state index in [1.54, 1.807) is 17.0 Å². The predicted octanol–water partition coefficient (Wildman–Crippen LogP) is 3.43. The van der Waals surface area contributed by atoms with E-state index in [9.17, 15) is 14.4 Å². The molecule has 0 bridgehead atoms. The highest BCUT2D eigenvalue weighted by Gasteiger charge is 2.33. The molecule has 2 unspecified atom stereocenters. The van der Waals surface area contributed by atoms with E-state index < -0.39 is 6.04 Å². The lowest BCUT2D eigenvalue weighted by atomic mass is 9.84. The van der Waals surface area contributed by atoms with Crippen LogP contribution in [0.3, 0.4) is 0 Å². The molecule has 2 aromatic rings. The summed E-state index contributed by atoms with van der Waals surface area (Å²) in [6.07, 6.45) is 3.10. The SMILES string of the molecule is O=C1NCC(c2ccccc2C2CCN(C(=O)C(Cc3ccc(Cl)cc3)NC(=O)N3CCC3)CC2)N1. The van der Waals surface area contributed by atoms with Crippen molar-refractivity contribution < 1.29 is 14.4 Å². The van der Waals surface area contributed by atoms with Gasteiger partial charge in [-0.1, -0.05) is 48.0 Å². The molecule has 3 saturated heterocycles. The van der Waals surface area contributed by atoms with Crippen molar-refractivity contribution in [2.45, 2.75) is 43.7 Å². The number of carbonyl (C=O) groups is 3. The zero-order chi connectivity index (χ0) is 25.1. The van der Waals surface area contributed by atoms with Gasteiger partial charge in [-0.05, 0) is 54.0 Å². The molecule has 2 atom stereocenters. The number of hydrogen-bond acceptors (Lipinski definition) is 3. The van der Waals surface area contributed by atoms with Gasteiger partial charge in [-0.15, -0.1) is 0 Å². The van der Waals surface area contributed by atoms with Crippen LogP contribution >= 0.6 is 11.6 Å². The highest BCUT2D eigenvalue weighted by atomic mass is 35.5. The third-order valence-corrected chi connectivity index (χ3v) is 7.73. The predicted molar refractivity (Wildman–Crippen MR) is 138 cm³/mol. The first-order valence-electron chi connectivity index (χ1n) is 12.7. The Morgan fingerprint density at radius 1 is 0.972 bits per heavy atom. The number of urea groups is 2. The van der Waals surface area contributed by atoms with E-state index in [1.807, 2.05) is 29.2 Å². The minimum atomic E-state index is -0.622.